The number of fused-ring (bicyclic) bond motifs is 1. The lowest BCUT2D eigenvalue weighted by atomic mass is 10.1. The summed E-state index contributed by atoms with van der Waals surface area (Å²) < 4.78 is 5.39. The molecule has 23 heavy (non-hydrogen) atoms. The molecule has 0 aromatic heterocycles. The van der Waals surface area contributed by atoms with Gasteiger partial charge in [-0.15, -0.1) is 5.11 Å². The van der Waals surface area contributed by atoms with E-state index in [9.17, 15) is 5.11 Å². The van der Waals surface area contributed by atoms with Crippen molar-refractivity contribution in [3.8, 4) is 11.5 Å². The molecule has 3 rings (SSSR count). The third kappa shape index (κ3) is 3.01. The van der Waals surface area contributed by atoms with Gasteiger partial charge in [0.15, 0.2) is 5.75 Å². The van der Waals surface area contributed by atoms with Crippen LogP contribution in [0.3, 0.4) is 0 Å². The summed E-state index contributed by atoms with van der Waals surface area (Å²) in [6.07, 6.45) is 0.986. The number of aryl methyl sites for hydroxylation is 1. The minimum absolute atomic E-state index is 0.107. The lowest BCUT2D eigenvalue weighted by molar-refractivity contribution is 0.418. The molecule has 0 radical (unpaired) electrons. The molecule has 0 saturated heterocycles. The van der Waals surface area contributed by atoms with E-state index in [0.717, 1.165) is 17.5 Å². The molecule has 0 saturated carbocycles. The van der Waals surface area contributed by atoms with Gasteiger partial charge in [-0.05, 0) is 24.1 Å². The number of phenolic OH excluding ortho intramolecular Hbond substituents is 1. The van der Waals surface area contributed by atoms with E-state index < -0.39 is 0 Å². The Morgan fingerprint density at radius 2 is 1.65 bits per heavy atom. The molecule has 0 amide bonds. The fourth-order valence-electron chi connectivity index (χ4n) is 2.47. The van der Waals surface area contributed by atoms with Crippen molar-refractivity contribution in [2.45, 2.75) is 13.3 Å². The van der Waals surface area contributed by atoms with Crippen molar-refractivity contribution in [1.29, 1.82) is 0 Å². The van der Waals surface area contributed by atoms with Crippen LogP contribution in [-0.4, -0.2) is 12.2 Å². The van der Waals surface area contributed by atoms with Crippen molar-refractivity contribution in [2.24, 2.45) is 10.2 Å². The van der Waals surface area contributed by atoms with Crippen LogP contribution in [0.4, 0.5) is 11.4 Å². The fraction of sp³-hybridized carbons (Fsp3) is 0.158. The predicted octanol–water partition coefficient (Wildman–Crippen LogP) is 5.53. The summed E-state index contributed by atoms with van der Waals surface area (Å²) >= 11 is 0. The van der Waals surface area contributed by atoms with Gasteiger partial charge in [0.25, 0.3) is 0 Å². The number of benzene rings is 3. The highest BCUT2D eigenvalue weighted by Crippen LogP contribution is 2.41. The largest absolute Gasteiger partial charge is 0.505 e. The quantitative estimate of drug-likeness (QED) is 0.644. The molecular weight excluding hydrogens is 288 g/mol. The first-order valence-corrected chi connectivity index (χ1v) is 7.52. The summed E-state index contributed by atoms with van der Waals surface area (Å²) in [7, 11) is 1.60. The van der Waals surface area contributed by atoms with Gasteiger partial charge in [-0.1, -0.05) is 43.3 Å². The van der Waals surface area contributed by atoms with Crippen LogP contribution in [0.2, 0.25) is 0 Å². The van der Waals surface area contributed by atoms with Gasteiger partial charge in [0.05, 0.1) is 12.8 Å². The van der Waals surface area contributed by atoms with E-state index in [4.69, 9.17) is 4.74 Å². The molecule has 3 aromatic carbocycles. The number of nitrogens with zero attached hydrogens (tertiary/aromatic N) is 2. The number of azo groups is 1. The summed E-state index contributed by atoms with van der Waals surface area (Å²) in [6.45, 7) is 2.11. The van der Waals surface area contributed by atoms with Gasteiger partial charge >= 0.3 is 0 Å². The molecule has 1 N–H and O–H groups in total. The van der Waals surface area contributed by atoms with E-state index in [1.807, 2.05) is 48.5 Å². The highest BCUT2D eigenvalue weighted by atomic mass is 16.5. The van der Waals surface area contributed by atoms with Crippen LogP contribution in [0, 0.1) is 0 Å². The second-order valence-corrected chi connectivity index (χ2v) is 5.21. The van der Waals surface area contributed by atoms with Crippen LogP contribution in [0.25, 0.3) is 10.8 Å². The molecule has 0 spiro atoms. The first-order valence-electron chi connectivity index (χ1n) is 7.52. The minimum atomic E-state index is 0.107. The minimum Gasteiger partial charge on any atom is -0.505 e. The topological polar surface area (TPSA) is 54.2 Å². The van der Waals surface area contributed by atoms with Crippen molar-refractivity contribution in [3.05, 3.63) is 60.2 Å². The Bertz CT molecular complexity index is 855. The summed E-state index contributed by atoms with van der Waals surface area (Å²) in [5, 5.41) is 20.4. The Kier molecular flexibility index (Phi) is 4.24. The van der Waals surface area contributed by atoms with E-state index in [2.05, 4.69) is 17.2 Å². The van der Waals surface area contributed by atoms with E-state index in [-0.39, 0.29) is 5.75 Å². The normalized spacial score (nSPS) is 11.2. The molecule has 0 bridgehead atoms. The standard InChI is InChI=1S/C19H18N2O2/c1-3-13-8-10-14(11-9-13)20-21-17-12-18(23-2)15-6-4-5-7-16(15)19(17)22/h4-12,22H,3H2,1-2H3. The first kappa shape index (κ1) is 15.0. The third-order valence-electron chi connectivity index (χ3n) is 3.80. The molecule has 0 unspecified atom stereocenters. The summed E-state index contributed by atoms with van der Waals surface area (Å²) in [4.78, 5) is 0. The molecule has 116 valence electrons. The zero-order valence-electron chi connectivity index (χ0n) is 13.2. The Morgan fingerprint density at radius 1 is 0.957 bits per heavy atom. The van der Waals surface area contributed by atoms with Crippen molar-refractivity contribution >= 4 is 22.1 Å². The first-order chi connectivity index (χ1) is 11.2. The van der Waals surface area contributed by atoms with Crippen LogP contribution in [0.15, 0.2) is 64.8 Å². The van der Waals surface area contributed by atoms with Gasteiger partial charge < -0.3 is 9.84 Å². The predicted molar refractivity (Wildman–Crippen MR) is 92.2 cm³/mol. The van der Waals surface area contributed by atoms with Crippen LogP contribution in [0.1, 0.15) is 12.5 Å². The Labute approximate surface area is 135 Å². The van der Waals surface area contributed by atoms with Gasteiger partial charge in [-0.2, -0.15) is 5.11 Å². The van der Waals surface area contributed by atoms with Gasteiger partial charge in [-0.3, -0.25) is 0 Å². The van der Waals surface area contributed by atoms with Gasteiger partial charge in [0.2, 0.25) is 0 Å². The highest BCUT2D eigenvalue weighted by molar-refractivity contribution is 5.97. The summed E-state index contributed by atoms with van der Waals surface area (Å²) in [5.41, 5.74) is 2.38. The van der Waals surface area contributed by atoms with Gasteiger partial charge in [0.1, 0.15) is 11.4 Å². The van der Waals surface area contributed by atoms with Crippen LogP contribution < -0.4 is 4.74 Å². The number of rotatable bonds is 4. The van der Waals surface area contributed by atoms with E-state index in [1.165, 1.54) is 5.56 Å². The molecule has 0 heterocycles. The van der Waals surface area contributed by atoms with Crippen molar-refractivity contribution < 1.29 is 9.84 Å². The highest BCUT2D eigenvalue weighted by Gasteiger charge is 2.11. The second kappa shape index (κ2) is 6.48. The number of aromatic hydroxyl groups is 1. The van der Waals surface area contributed by atoms with Crippen LogP contribution >= 0.6 is 0 Å². The third-order valence-corrected chi connectivity index (χ3v) is 3.80. The molecule has 0 aliphatic carbocycles. The van der Waals surface area contributed by atoms with Crippen molar-refractivity contribution in [2.75, 3.05) is 7.11 Å². The van der Waals surface area contributed by atoms with Crippen molar-refractivity contribution in [3.63, 3.8) is 0 Å². The van der Waals surface area contributed by atoms with E-state index in [1.54, 1.807) is 13.2 Å². The SMILES string of the molecule is CCc1ccc(N=Nc2cc(OC)c3ccccc3c2O)cc1. The Hall–Kier alpha value is -2.88. The van der Waals surface area contributed by atoms with Gasteiger partial charge in [0, 0.05) is 16.8 Å². The monoisotopic (exact) mass is 306 g/mol. The number of phenols is 1. The number of hydrogen-bond acceptors (Lipinski definition) is 4. The van der Waals surface area contributed by atoms with E-state index >= 15 is 0 Å². The molecular formula is C19H18N2O2. The lowest BCUT2D eigenvalue weighted by Crippen LogP contribution is -1.85. The molecule has 0 fully saturated rings. The summed E-state index contributed by atoms with van der Waals surface area (Å²) in [6, 6.07) is 17.1. The maximum atomic E-state index is 10.4. The maximum absolute atomic E-state index is 10.4. The maximum Gasteiger partial charge on any atom is 0.151 e. The molecule has 4 heteroatoms. The lowest BCUT2D eigenvalue weighted by Gasteiger charge is -2.09. The molecule has 4 nitrogen and oxygen atoms in total. The molecule has 0 aliphatic rings. The zero-order valence-corrected chi connectivity index (χ0v) is 13.2. The fourth-order valence-corrected chi connectivity index (χ4v) is 2.47. The van der Waals surface area contributed by atoms with E-state index in [0.29, 0.717) is 16.8 Å². The number of hydrogen-bond donors (Lipinski definition) is 1. The zero-order chi connectivity index (χ0) is 16.2. The average Bonchev–Trinajstić information content (AvgIpc) is 2.62. The Balaban J connectivity index is 2.01. The van der Waals surface area contributed by atoms with Gasteiger partial charge in [-0.25, -0.2) is 0 Å². The second-order valence-electron chi connectivity index (χ2n) is 5.21. The number of ether oxygens (including phenoxy) is 1. The number of methoxy groups -OCH3 is 1. The Morgan fingerprint density at radius 3 is 2.30 bits per heavy atom. The molecule has 0 atom stereocenters. The van der Waals surface area contributed by atoms with Crippen LogP contribution in [0.5, 0.6) is 11.5 Å². The smallest absolute Gasteiger partial charge is 0.151 e. The molecule has 0 aliphatic heterocycles. The average molecular weight is 306 g/mol. The van der Waals surface area contributed by atoms with Crippen LogP contribution in [-0.2, 0) is 6.42 Å². The molecule has 3 aromatic rings. The van der Waals surface area contributed by atoms with Crippen molar-refractivity contribution in [1.82, 2.24) is 0 Å². The summed E-state index contributed by atoms with van der Waals surface area (Å²) in [5.74, 6) is 0.768.